The van der Waals surface area contributed by atoms with Crippen LogP contribution in [0.2, 0.25) is 0 Å². The van der Waals surface area contributed by atoms with Gasteiger partial charge in [0.2, 0.25) is 5.91 Å². The van der Waals surface area contributed by atoms with Gasteiger partial charge < -0.3 is 16.0 Å². The molecule has 1 aliphatic rings. The minimum absolute atomic E-state index is 0.132. The SMILES string of the molecule is Cn1cc(C(N)C(=O)NCCN2CCCCCC2)cn1. The molecule has 1 fully saturated rings. The van der Waals surface area contributed by atoms with E-state index in [0.29, 0.717) is 6.54 Å². The molecule has 0 spiro atoms. The Morgan fingerprint density at radius 3 is 2.70 bits per heavy atom. The first kappa shape index (κ1) is 15.0. The molecule has 1 saturated heterocycles. The van der Waals surface area contributed by atoms with Gasteiger partial charge in [-0.15, -0.1) is 0 Å². The van der Waals surface area contributed by atoms with E-state index in [1.807, 2.05) is 7.05 Å². The maximum atomic E-state index is 12.0. The summed E-state index contributed by atoms with van der Waals surface area (Å²) in [7, 11) is 1.81. The van der Waals surface area contributed by atoms with E-state index in [4.69, 9.17) is 5.73 Å². The van der Waals surface area contributed by atoms with Gasteiger partial charge in [0.1, 0.15) is 6.04 Å². The van der Waals surface area contributed by atoms with Crippen molar-refractivity contribution in [2.75, 3.05) is 26.2 Å². The molecule has 2 heterocycles. The van der Waals surface area contributed by atoms with Gasteiger partial charge in [-0.25, -0.2) is 0 Å². The second kappa shape index (κ2) is 7.40. The molecular formula is C14H25N5O. The largest absolute Gasteiger partial charge is 0.353 e. The molecule has 1 unspecified atom stereocenters. The predicted molar refractivity (Wildman–Crippen MR) is 78.1 cm³/mol. The third-order valence-electron chi connectivity index (χ3n) is 3.79. The fourth-order valence-electron chi connectivity index (χ4n) is 2.56. The van der Waals surface area contributed by atoms with Crippen molar-refractivity contribution in [1.82, 2.24) is 20.0 Å². The smallest absolute Gasteiger partial charge is 0.241 e. The molecule has 1 atom stereocenters. The van der Waals surface area contributed by atoms with Gasteiger partial charge in [0.05, 0.1) is 6.20 Å². The number of nitrogens with zero attached hydrogens (tertiary/aromatic N) is 3. The number of hydrogen-bond donors (Lipinski definition) is 2. The standard InChI is InChI=1S/C14H25N5O/c1-18-11-12(10-17-18)13(15)14(20)16-6-9-19-7-4-2-3-5-8-19/h10-11,13H,2-9,15H2,1H3,(H,16,20). The molecule has 112 valence electrons. The maximum absolute atomic E-state index is 12.0. The molecule has 6 nitrogen and oxygen atoms in total. The Balaban J connectivity index is 1.71. The number of carbonyl (C=O) groups is 1. The monoisotopic (exact) mass is 279 g/mol. The summed E-state index contributed by atoms with van der Waals surface area (Å²) in [5.74, 6) is -0.132. The van der Waals surface area contributed by atoms with Crippen molar-refractivity contribution in [2.45, 2.75) is 31.7 Å². The van der Waals surface area contributed by atoms with Gasteiger partial charge in [-0.1, -0.05) is 12.8 Å². The zero-order chi connectivity index (χ0) is 14.4. The van der Waals surface area contributed by atoms with E-state index in [-0.39, 0.29) is 5.91 Å². The summed E-state index contributed by atoms with van der Waals surface area (Å²) in [6.07, 6.45) is 8.61. The van der Waals surface area contributed by atoms with Crippen LogP contribution >= 0.6 is 0 Å². The van der Waals surface area contributed by atoms with E-state index in [1.165, 1.54) is 25.7 Å². The summed E-state index contributed by atoms with van der Waals surface area (Å²) in [5.41, 5.74) is 6.67. The number of aryl methyl sites for hydroxylation is 1. The quantitative estimate of drug-likeness (QED) is 0.818. The number of nitrogens with one attached hydrogen (secondary N) is 1. The Bertz CT molecular complexity index is 423. The zero-order valence-electron chi connectivity index (χ0n) is 12.2. The molecule has 0 aliphatic carbocycles. The molecule has 1 amide bonds. The van der Waals surface area contributed by atoms with Crippen LogP contribution < -0.4 is 11.1 Å². The van der Waals surface area contributed by atoms with E-state index >= 15 is 0 Å². The lowest BCUT2D eigenvalue weighted by Crippen LogP contribution is -2.39. The fraction of sp³-hybridized carbons (Fsp3) is 0.714. The van der Waals surface area contributed by atoms with Crippen LogP contribution in [0, 0.1) is 0 Å². The lowest BCUT2D eigenvalue weighted by Gasteiger charge is -2.20. The molecule has 0 bridgehead atoms. The van der Waals surface area contributed by atoms with Crippen molar-refractivity contribution in [3.63, 3.8) is 0 Å². The second-order valence-corrected chi connectivity index (χ2v) is 5.47. The molecule has 1 aliphatic heterocycles. The van der Waals surface area contributed by atoms with E-state index in [1.54, 1.807) is 17.1 Å². The highest BCUT2D eigenvalue weighted by Gasteiger charge is 2.17. The van der Waals surface area contributed by atoms with Crippen LogP contribution in [0.15, 0.2) is 12.4 Å². The van der Waals surface area contributed by atoms with Crippen molar-refractivity contribution < 1.29 is 4.79 Å². The zero-order valence-corrected chi connectivity index (χ0v) is 12.2. The van der Waals surface area contributed by atoms with Gasteiger partial charge in [0, 0.05) is 31.9 Å². The average Bonchev–Trinajstić information content (AvgIpc) is 2.71. The molecular weight excluding hydrogens is 254 g/mol. The Morgan fingerprint density at radius 2 is 2.10 bits per heavy atom. The van der Waals surface area contributed by atoms with Crippen LogP contribution in [0.25, 0.3) is 0 Å². The summed E-state index contributed by atoms with van der Waals surface area (Å²) in [4.78, 5) is 14.4. The van der Waals surface area contributed by atoms with Crippen LogP contribution in [-0.4, -0.2) is 46.8 Å². The molecule has 1 aromatic heterocycles. The predicted octanol–water partition coefficient (Wildman–Crippen LogP) is 0.412. The number of amides is 1. The number of likely N-dealkylation sites (tertiary alicyclic amines) is 1. The highest BCUT2D eigenvalue weighted by molar-refractivity contribution is 5.82. The van der Waals surface area contributed by atoms with Crippen molar-refractivity contribution >= 4 is 5.91 Å². The van der Waals surface area contributed by atoms with Crippen LogP contribution in [0.5, 0.6) is 0 Å². The lowest BCUT2D eigenvalue weighted by molar-refractivity contribution is -0.122. The molecule has 6 heteroatoms. The Hall–Kier alpha value is -1.40. The Kier molecular flexibility index (Phi) is 5.55. The van der Waals surface area contributed by atoms with Crippen LogP contribution in [0.4, 0.5) is 0 Å². The van der Waals surface area contributed by atoms with Gasteiger partial charge in [-0.05, 0) is 25.9 Å². The van der Waals surface area contributed by atoms with Gasteiger partial charge in [0.25, 0.3) is 0 Å². The number of rotatable bonds is 5. The Labute approximate surface area is 120 Å². The van der Waals surface area contributed by atoms with E-state index in [9.17, 15) is 4.79 Å². The molecule has 0 radical (unpaired) electrons. The first-order chi connectivity index (χ1) is 9.66. The molecule has 20 heavy (non-hydrogen) atoms. The molecule has 0 saturated carbocycles. The first-order valence-corrected chi connectivity index (χ1v) is 7.41. The normalized spacial score (nSPS) is 18.5. The number of hydrogen-bond acceptors (Lipinski definition) is 4. The van der Waals surface area contributed by atoms with Crippen molar-refractivity contribution in [1.29, 1.82) is 0 Å². The topological polar surface area (TPSA) is 76.2 Å². The van der Waals surface area contributed by atoms with Gasteiger partial charge in [-0.2, -0.15) is 5.10 Å². The van der Waals surface area contributed by atoms with E-state index in [0.717, 1.165) is 25.2 Å². The fourth-order valence-corrected chi connectivity index (χ4v) is 2.56. The Morgan fingerprint density at radius 1 is 1.40 bits per heavy atom. The van der Waals surface area contributed by atoms with Gasteiger partial charge in [-0.3, -0.25) is 9.48 Å². The van der Waals surface area contributed by atoms with E-state index in [2.05, 4.69) is 15.3 Å². The third kappa shape index (κ3) is 4.31. The summed E-state index contributed by atoms with van der Waals surface area (Å²) in [6, 6.07) is -0.632. The molecule has 0 aromatic carbocycles. The maximum Gasteiger partial charge on any atom is 0.241 e. The first-order valence-electron chi connectivity index (χ1n) is 7.41. The van der Waals surface area contributed by atoms with Gasteiger partial charge >= 0.3 is 0 Å². The minimum Gasteiger partial charge on any atom is -0.353 e. The highest BCUT2D eigenvalue weighted by atomic mass is 16.2. The van der Waals surface area contributed by atoms with Crippen molar-refractivity contribution in [2.24, 2.45) is 12.8 Å². The summed E-state index contributed by atoms with van der Waals surface area (Å²) in [5, 5.41) is 6.95. The van der Waals surface area contributed by atoms with Crippen LogP contribution in [0.3, 0.4) is 0 Å². The van der Waals surface area contributed by atoms with Crippen LogP contribution in [0.1, 0.15) is 37.3 Å². The number of nitrogens with two attached hydrogens (primary N) is 1. The summed E-state index contributed by atoms with van der Waals surface area (Å²) in [6.45, 7) is 3.85. The number of aromatic nitrogens is 2. The molecule has 3 N–H and O–H groups in total. The average molecular weight is 279 g/mol. The van der Waals surface area contributed by atoms with Crippen molar-refractivity contribution in [3.8, 4) is 0 Å². The second-order valence-electron chi connectivity index (χ2n) is 5.47. The van der Waals surface area contributed by atoms with Crippen molar-refractivity contribution in [3.05, 3.63) is 18.0 Å². The molecule has 2 rings (SSSR count). The van der Waals surface area contributed by atoms with Gasteiger partial charge in [0.15, 0.2) is 0 Å². The number of carbonyl (C=O) groups excluding carboxylic acids is 1. The van der Waals surface area contributed by atoms with Crippen LogP contribution in [-0.2, 0) is 11.8 Å². The van der Waals surface area contributed by atoms with E-state index < -0.39 is 6.04 Å². The lowest BCUT2D eigenvalue weighted by atomic mass is 10.1. The highest BCUT2D eigenvalue weighted by Crippen LogP contribution is 2.09. The third-order valence-corrected chi connectivity index (χ3v) is 3.79. The summed E-state index contributed by atoms with van der Waals surface area (Å²) >= 11 is 0. The summed E-state index contributed by atoms with van der Waals surface area (Å²) < 4.78 is 1.65. The molecule has 1 aromatic rings. The minimum atomic E-state index is -0.632.